The SMILES string of the molecule is NC[C@H]1O[C@@H](O[C@@H]2[C@@H](O)[C@H](N)C[C@H](N)[C@H]2O[C@H]2O[C@H](CN)[C@@H](O)[C@H](O)[C@H]2N)[C@H](O)[C@@H](N)[C@@H]1O. The number of ether oxygens (including phenoxy) is 4. The van der Waals surface area contributed by atoms with Crippen molar-refractivity contribution in [2.24, 2.45) is 34.4 Å². The Balaban J connectivity index is 1.80. The molecule has 15 atom stereocenters. The Morgan fingerprint density at radius 1 is 0.606 bits per heavy atom. The van der Waals surface area contributed by atoms with Gasteiger partial charge < -0.3 is 78.9 Å². The maximum atomic E-state index is 10.8. The van der Waals surface area contributed by atoms with Crippen molar-refractivity contribution in [3.8, 4) is 0 Å². The summed E-state index contributed by atoms with van der Waals surface area (Å²) >= 11 is 0. The molecule has 0 aromatic carbocycles. The molecule has 0 spiro atoms. The van der Waals surface area contributed by atoms with Crippen LogP contribution in [0.4, 0.5) is 0 Å². The molecule has 3 aliphatic rings. The van der Waals surface area contributed by atoms with Crippen molar-refractivity contribution < 1.29 is 44.5 Å². The minimum absolute atomic E-state index is 0.0981. The molecule has 3 fully saturated rings. The molecule has 33 heavy (non-hydrogen) atoms. The first-order valence-corrected chi connectivity index (χ1v) is 11.0. The first-order chi connectivity index (χ1) is 15.5. The third-order valence-electron chi connectivity index (χ3n) is 6.62. The van der Waals surface area contributed by atoms with Gasteiger partial charge in [-0.05, 0) is 6.42 Å². The van der Waals surface area contributed by atoms with Gasteiger partial charge in [0.25, 0.3) is 0 Å². The van der Waals surface area contributed by atoms with E-state index in [-0.39, 0.29) is 19.5 Å². The molecule has 2 aliphatic heterocycles. The van der Waals surface area contributed by atoms with Crippen LogP contribution in [0, 0.1) is 0 Å². The van der Waals surface area contributed by atoms with Gasteiger partial charge in [0.2, 0.25) is 0 Å². The van der Waals surface area contributed by atoms with Gasteiger partial charge in [-0.1, -0.05) is 0 Å². The first-order valence-electron chi connectivity index (χ1n) is 11.0. The largest absolute Gasteiger partial charge is 0.389 e. The van der Waals surface area contributed by atoms with Gasteiger partial charge in [-0.25, -0.2) is 0 Å². The van der Waals surface area contributed by atoms with Crippen LogP contribution in [0.1, 0.15) is 6.42 Å². The zero-order valence-electron chi connectivity index (χ0n) is 18.1. The lowest BCUT2D eigenvalue weighted by Gasteiger charge is -2.48. The number of rotatable bonds is 6. The number of aliphatic hydroxyl groups is 5. The van der Waals surface area contributed by atoms with Gasteiger partial charge >= 0.3 is 0 Å². The fourth-order valence-electron chi connectivity index (χ4n) is 4.46. The van der Waals surface area contributed by atoms with Crippen molar-refractivity contribution in [3.63, 3.8) is 0 Å². The Hall–Kier alpha value is -0.600. The summed E-state index contributed by atoms with van der Waals surface area (Å²) in [4.78, 5) is 0. The van der Waals surface area contributed by atoms with Gasteiger partial charge in [0, 0.05) is 25.2 Å². The summed E-state index contributed by atoms with van der Waals surface area (Å²) in [6, 6.07) is -3.85. The van der Waals surface area contributed by atoms with Gasteiger partial charge in [0.05, 0.1) is 24.3 Å². The van der Waals surface area contributed by atoms with Gasteiger partial charge in [-0.15, -0.1) is 0 Å². The van der Waals surface area contributed by atoms with E-state index in [1.807, 2.05) is 0 Å². The monoisotopic (exact) mass is 482 g/mol. The van der Waals surface area contributed by atoms with Crippen molar-refractivity contribution in [3.05, 3.63) is 0 Å². The lowest BCUT2D eigenvalue weighted by Crippen LogP contribution is -2.69. The molecule has 1 aliphatic carbocycles. The van der Waals surface area contributed by atoms with E-state index in [1.54, 1.807) is 0 Å². The standard InChI is InChI=1S/C18H38N6O9/c19-2-6-11(26)8(23)14(29)18(31-6)33-16-10(25)4(21)1-5(22)15(16)32-17-9(24)13(28)12(27)7(3-20)30-17/h4-18,25-29H,1-3,19-24H2/t4-,5+,6-,7-,8+,9-,10+,11-,12-,13-,14-,15-,16-,17-,18+/m1/s1. The third kappa shape index (κ3) is 5.32. The highest BCUT2D eigenvalue weighted by Gasteiger charge is 2.51. The molecule has 0 bridgehead atoms. The van der Waals surface area contributed by atoms with Crippen molar-refractivity contribution >= 4 is 0 Å². The van der Waals surface area contributed by atoms with E-state index in [9.17, 15) is 25.5 Å². The van der Waals surface area contributed by atoms with Gasteiger partial charge in [-0.3, -0.25) is 0 Å². The number of hydrogen-bond donors (Lipinski definition) is 11. The van der Waals surface area contributed by atoms with Crippen molar-refractivity contribution in [1.29, 1.82) is 0 Å². The quantitative estimate of drug-likeness (QED) is 0.167. The average molecular weight is 483 g/mol. The lowest BCUT2D eigenvalue weighted by atomic mass is 9.84. The summed E-state index contributed by atoms with van der Waals surface area (Å²) < 4.78 is 23.0. The van der Waals surface area contributed by atoms with Gasteiger partial charge in [0.1, 0.15) is 42.7 Å². The minimum atomic E-state index is -1.46. The molecule has 0 unspecified atom stereocenters. The smallest absolute Gasteiger partial charge is 0.186 e. The highest BCUT2D eigenvalue weighted by Crippen LogP contribution is 2.31. The number of aliphatic hydroxyl groups excluding tert-OH is 5. The van der Waals surface area contributed by atoms with Crippen LogP contribution in [0.15, 0.2) is 0 Å². The normalized spacial score (nSPS) is 53.7. The Morgan fingerprint density at radius 2 is 1.15 bits per heavy atom. The summed E-state index contributed by atoms with van der Waals surface area (Å²) in [6.45, 7) is -0.211. The van der Waals surface area contributed by atoms with E-state index < -0.39 is 91.7 Å². The number of hydrogen-bond acceptors (Lipinski definition) is 15. The van der Waals surface area contributed by atoms with Crippen LogP contribution in [0.5, 0.6) is 0 Å². The molecular weight excluding hydrogens is 444 g/mol. The molecule has 0 aromatic heterocycles. The number of nitrogens with two attached hydrogens (primary N) is 6. The topological polar surface area (TPSA) is 294 Å². The van der Waals surface area contributed by atoms with Crippen LogP contribution < -0.4 is 34.4 Å². The van der Waals surface area contributed by atoms with Gasteiger partial charge in [0.15, 0.2) is 12.6 Å². The van der Waals surface area contributed by atoms with Crippen LogP contribution >= 0.6 is 0 Å². The summed E-state index contributed by atoms with van der Waals surface area (Å²) in [6.07, 6.45) is -13.4. The molecule has 194 valence electrons. The summed E-state index contributed by atoms with van der Waals surface area (Å²) in [5.74, 6) is 0. The molecular formula is C18H38N6O9. The fourth-order valence-corrected chi connectivity index (χ4v) is 4.46. The van der Waals surface area contributed by atoms with Gasteiger partial charge in [-0.2, -0.15) is 0 Å². The molecule has 1 saturated carbocycles. The summed E-state index contributed by atoms with van der Waals surface area (Å²) in [7, 11) is 0. The predicted molar refractivity (Wildman–Crippen MR) is 112 cm³/mol. The van der Waals surface area contributed by atoms with E-state index in [2.05, 4.69) is 0 Å². The molecule has 15 heteroatoms. The van der Waals surface area contributed by atoms with Crippen LogP contribution in [0.2, 0.25) is 0 Å². The fraction of sp³-hybridized carbons (Fsp3) is 1.00. The maximum Gasteiger partial charge on any atom is 0.186 e. The second-order valence-corrected chi connectivity index (χ2v) is 8.93. The average Bonchev–Trinajstić information content (AvgIpc) is 2.79. The van der Waals surface area contributed by atoms with Crippen LogP contribution in [-0.4, -0.2) is 130 Å². The second kappa shape index (κ2) is 11.0. The molecule has 3 rings (SSSR count). The maximum absolute atomic E-state index is 10.8. The lowest BCUT2D eigenvalue weighted by molar-refractivity contribution is -0.328. The second-order valence-electron chi connectivity index (χ2n) is 8.93. The Morgan fingerprint density at radius 3 is 1.76 bits per heavy atom. The molecule has 0 radical (unpaired) electrons. The highest BCUT2D eigenvalue weighted by atomic mass is 16.7. The Kier molecular flexibility index (Phi) is 8.99. The third-order valence-corrected chi connectivity index (χ3v) is 6.62. The Labute approximate surface area is 190 Å². The first kappa shape index (κ1) is 27.0. The van der Waals surface area contributed by atoms with Crippen LogP contribution in [0.3, 0.4) is 0 Å². The van der Waals surface area contributed by atoms with Crippen molar-refractivity contribution in [1.82, 2.24) is 0 Å². The van der Waals surface area contributed by atoms with E-state index in [0.29, 0.717) is 0 Å². The molecule has 15 nitrogen and oxygen atoms in total. The molecule has 0 aromatic rings. The van der Waals surface area contributed by atoms with Crippen molar-refractivity contribution in [2.45, 2.75) is 98.1 Å². The zero-order chi connectivity index (χ0) is 24.6. The summed E-state index contributed by atoms with van der Waals surface area (Å²) in [5.41, 5.74) is 35.3. The molecule has 2 heterocycles. The van der Waals surface area contributed by atoms with Crippen LogP contribution in [0.25, 0.3) is 0 Å². The summed E-state index contributed by atoms with van der Waals surface area (Å²) in [5, 5.41) is 51.7. The minimum Gasteiger partial charge on any atom is -0.389 e. The highest BCUT2D eigenvalue weighted by molar-refractivity contribution is 5.02. The molecule has 0 amide bonds. The van der Waals surface area contributed by atoms with E-state index in [1.165, 1.54) is 0 Å². The molecule has 2 saturated heterocycles. The van der Waals surface area contributed by atoms with E-state index >= 15 is 0 Å². The molecule has 17 N–H and O–H groups in total. The zero-order valence-corrected chi connectivity index (χ0v) is 18.1. The van der Waals surface area contributed by atoms with Crippen LogP contribution in [-0.2, 0) is 18.9 Å². The van der Waals surface area contributed by atoms with E-state index in [0.717, 1.165) is 0 Å². The van der Waals surface area contributed by atoms with E-state index in [4.69, 9.17) is 53.3 Å². The Bertz CT molecular complexity index is 636. The van der Waals surface area contributed by atoms with Crippen molar-refractivity contribution in [2.75, 3.05) is 13.1 Å². The predicted octanol–water partition coefficient (Wildman–Crippen LogP) is -7.36.